The topological polar surface area (TPSA) is 71.0 Å². The molecule has 1 aromatic rings. The van der Waals surface area contributed by atoms with Gasteiger partial charge in [-0.15, -0.1) is 0 Å². The average molecular weight is 439 g/mol. The lowest BCUT2D eigenvalue weighted by atomic mass is 9.48. The number of hydrogen-bond donors (Lipinski definition) is 2. The molecule has 3 aliphatic carbocycles. The Labute approximate surface area is 190 Å². The molecule has 172 valence electrons. The number of rotatable bonds is 3. The van der Waals surface area contributed by atoms with E-state index >= 15 is 0 Å². The molecular weight excluding hydrogens is 404 g/mol. The summed E-state index contributed by atoms with van der Waals surface area (Å²) in [5.74, 6) is 1.85. The van der Waals surface area contributed by atoms with Crippen LogP contribution in [0.5, 0.6) is 11.5 Å². The van der Waals surface area contributed by atoms with Gasteiger partial charge in [0.25, 0.3) is 0 Å². The Kier molecular flexibility index (Phi) is 4.18. The monoisotopic (exact) mass is 438 g/mol. The van der Waals surface area contributed by atoms with Crippen molar-refractivity contribution in [2.75, 3.05) is 13.1 Å². The Hall–Kier alpha value is -2.05. The van der Waals surface area contributed by atoms with Gasteiger partial charge in [-0.25, -0.2) is 4.79 Å². The summed E-state index contributed by atoms with van der Waals surface area (Å²) in [6.45, 7) is 12.2. The van der Waals surface area contributed by atoms with Crippen molar-refractivity contribution >= 4 is 6.09 Å². The summed E-state index contributed by atoms with van der Waals surface area (Å²) in [4.78, 5) is 15.1. The maximum absolute atomic E-state index is 12.5. The number of carbonyl (C=O) groups excluding carboxylic acids is 1. The van der Waals surface area contributed by atoms with Gasteiger partial charge in [0.15, 0.2) is 11.5 Å². The number of benzene rings is 1. The molecule has 2 heterocycles. The van der Waals surface area contributed by atoms with E-state index in [1.54, 1.807) is 0 Å². The van der Waals surface area contributed by atoms with Crippen LogP contribution in [-0.2, 0) is 11.8 Å². The van der Waals surface area contributed by atoms with Crippen LogP contribution in [0, 0.1) is 5.92 Å². The predicted octanol–water partition coefficient (Wildman–Crippen LogP) is 3.69. The second kappa shape index (κ2) is 6.51. The maximum atomic E-state index is 12.5. The van der Waals surface area contributed by atoms with Gasteiger partial charge in [0.2, 0.25) is 0 Å². The van der Waals surface area contributed by atoms with Crippen molar-refractivity contribution in [1.29, 1.82) is 0 Å². The summed E-state index contributed by atoms with van der Waals surface area (Å²) in [5.41, 5.74) is 1.57. The highest BCUT2D eigenvalue weighted by molar-refractivity contribution is 5.74. The van der Waals surface area contributed by atoms with Gasteiger partial charge < -0.3 is 19.9 Å². The van der Waals surface area contributed by atoms with Gasteiger partial charge in [-0.05, 0) is 89.0 Å². The van der Waals surface area contributed by atoms with E-state index in [0.29, 0.717) is 17.9 Å². The standard InChI is InChI=1S/C26H34N2O4/c1-15-9-10-26(30)19-13-17-7-8-18(31-23(29)27-24(2,3)4)21-20(17)25(26,22(15)32-21)11-12-28(19)14-16-5-6-16/h7-8,16,19,22,30H,1,5-6,9-14H2,2-4H3,(H,27,29). The molecule has 32 heavy (non-hydrogen) atoms. The van der Waals surface area contributed by atoms with Crippen LogP contribution < -0.4 is 14.8 Å². The SMILES string of the molecule is C=C1CCC2(O)C3Cc4ccc(OC(=O)NC(C)(C)C)c5c4C2(CCN3CC2CC2)C1O5. The zero-order valence-electron chi connectivity index (χ0n) is 19.4. The van der Waals surface area contributed by atoms with Crippen LogP contribution in [0.15, 0.2) is 24.3 Å². The van der Waals surface area contributed by atoms with Gasteiger partial charge in [-0.3, -0.25) is 4.90 Å². The Morgan fingerprint density at radius 1 is 1.34 bits per heavy atom. The highest BCUT2D eigenvalue weighted by atomic mass is 16.6. The van der Waals surface area contributed by atoms with Crippen molar-refractivity contribution in [3.8, 4) is 11.5 Å². The summed E-state index contributed by atoms with van der Waals surface area (Å²) >= 11 is 0. The lowest BCUT2D eigenvalue weighted by Gasteiger charge is -2.63. The fraction of sp³-hybridized carbons (Fsp3) is 0.654. The van der Waals surface area contributed by atoms with Gasteiger partial charge in [0, 0.05) is 23.7 Å². The molecule has 2 N–H and O–H groups in total. The lowest BCUT2D eigenvalue weighted by molar-refractivity contribution is -0.174. The van der Waals surface area contributed by atoms with Gasteiger partial charge in [0.05, 0.1) is 11.0 Å². The quantitative estimate of drug-likeness (QED) is 0.705. The number of ether oxygens (including phenoxy) is 2. The summed E-state index contributed by atoms with van der Waals surface area (Å²) < 4.78 is 12.3. The number of nitrogens with one attached hydrogen (secondary N) is 1. The normalized spacial score (nSPS) is 35.2. The van der Waals surface area contributed by atoms with Gasteiger partial charge in [-0.1, -0.05) is 12.6 Å². The molecule has 4 atom stereocenters. The molecule has 5 aliphatic rings. The average Bonchev–Trinajstić information content (AvgIpc) is 3.43. The van der Waals surface area contributed by atoms with E-state index in [-0.39, 0.29) is 12.1 Å². The predicted molar refractivity (Wildman–Crippen MR) is 121 cm³/mol. The fourth-order valence-electron chi connectivity index (χ4n) is 6.89. The minimum atomic E-state index is -0.851. The van der Waals surface area contributed by atoms with Crippen LogP contribution >= 0.6 is 0 Å². The molecule has 0 aromatic heterocycles. The Morgan fingerprint density at radius 3 is 2.84 bits per heavy atom. The van der Waals surface area contributed by atoms with Crippen LogP contribution in [0.3, 0.4) is 0 Å². The van der Waals surface area contributed by atoms with Crippen molar-refractivity contribution in [2.24, 2.45) is 5.92 Å². The zero-order chi connectivity index (χ0) is 22.5. The van der Waals surface area contributed by atoms with Crippen LogP contribution in [-0.4, -0.2) is 52.5 Å². The largest absolute Gasteiger partial charge is 0.481 e. The summed E-state index contributed by atoms with van der Waals surface area (Å²) in [6, 6.07) is 4.04. The molecule has 1 saturated heterocycles. The molecule has 4 unspecified atom stereocenters. The van der Waals surface area contributed by atoms with Gasteiger partial charge >= 0.3 is 6.09 Å². The number of piperidine rings is 1. The first-order chi connectivity index (χ1) is 15.1. The first kappa shape index (κ1) is 20.5. The van der Waals surface area contributed by atoms with Crippen LogP contribution in [0.2, 0.25) is 0 Å². The molecule has 1 spiro atoms. The third-order valence-corrected chi connectivity index (χ3v) is 8.38. The number of carbonyl (C=O) groups is 1. The molecule has 1 aromatic carbocycles. The summed E-state index contributed by atoms with van der Waals surface area (Å²) in [5, 5.41) is 15.2. The van der Waals surface area contributed by atoms with Crippen molar-refractivity contribution in [1.82, 2.24) is 10.2 Å². The zero-order valence-corrected chi connectivity index (χ0v) is 19.4. The van der Waals surface area contributed by atoms with E-state index in [1.807, 2.05) is 26.8 Å². The van der Waals surface area contributed by atoms with Gasteiger partial charge in [0.1, 0.15) is 6.10 Å². The third-order valence-electron chi connectivity index (χ3n) is 8.38. The van der Waals surface area contributed by atoms with Gasteiger partial charge in [-0.2, -0.15) is 0 Å². The molecular formula is C26H34N2O4. The highest BCUT2D eigenvalue weighted by Crippen LogP contribution is 2.66. The fourth-order valence-corrected chi connectivity index (χ4v) is 6.89. The third kappa shape index (κ3) is 2.75. The molecule has 2 aliphatic heterocycles. The second-order valence-corrected chi connectivity index (χ2v) is 11.7. The Balaban J connectivity index is 1.44. The van der Waals surface area contributed by atoms with E-state index in [4.69, 9.17) is 9.47 Å². The lowest BCUT2D eigenvalue weighted by Crippen LogP contribution is -2.75. The van der Waals surface area contributed by atoms with Crippen molar-refractivity contribution in [3.63, 3.8) is 0 Å². The van der Waals surface area contributed by atoms with Crippen LogP contribution in [0.25, 0.3) is 0 Å². The summed E-state index contributed by atoms with van der Waals surface area (Å²) in [7, 11) is 0. The van der Waals surface area contributed by atoms with Crippen molar-refractivity contribution in [2.45, 2.75) is 88.0 Å². The van der Waals surface area contributed by atoms with Crippen molar-refractivity contribution in [3.05, 3.63) is 35.4 Å². The molecule has 1 amide bonds. The molecule has 2 saturated carbocycles. The number of hydrogen-bond acceptors (Lipinski definition) is 5. The maximum Gasteiger partial charge on any atom is 0.413 e. The summed E-state index contributed by atoms with van der Waals surface area (Å²) in [6.07, 6.45) is 4.99. The number of nitrogens with zero attached hydrogens (tertiary/aromatic N) is 1. The number of amides is 1. The van der Waals surface area contributed by atoms with E-state index < -0.39 is 22.6 Å². The first-order valence-corrected chi connectivity index (χ1v) is 12.1. The molecule has 6 heteroatoms. The van der Waals surface area contributed by atoms with E-state index in [2.05, 4.69) is 22.9 Å². The van der Waals surface area contributed by atoms with E-state index in [0.717, 1.165) is 49.4 Å². The highest BCUT2D eigenvalue weighted by Gasteiger charge is 2.72. The van der Waals surface area contributed by atoms with E-state index in [9.17, 15) is 9.90 Å². The van der Waals surface area contributed by atoms with Crippen molar-refractivity contribution < 1.29 is 19.4 Å². The minimum Gasteiger partial charge on any atom is -0.481 e. The molecule has 6 nitrogen and oxygen atoms in total. The smallest absolute Gasteiger partial charge is 0.413 e. The first-order valence-electron chi connectivity index (χ1n) is 12.1. The molecule has 6 rings (SSSR count). The minimum absolute atomic E-state index is 0.102. The number of aliphatic hydroxyl groups is 1. The molecule has 2 bridgehead atoms. The Bertz CT molecular complexity index is 1010. The van der Waals surface area contributed by atoms with Crippen LogP contribution in [0.1, 0.15) is 64.0 Å². The molecule has 3 fully saturated rings. The number of likely N-dealkylation sites (tertiary alicyclic amines) is 1. The van der Waals surface area contributed by atoms with E-state index in [1.165, 1.54) is 18.4 Å². The van der Waals surface area contributed by atoms with Crippen LogP contribution in [0.4, 0.5) is 4.79 Å². The second-order valence-electron chi connectivity index (χ2n) is 11.7. The molecule has 0 radical (unpaired) electrons. The Morgan fingerprint density at radius 2 is 2.12 bits per heavy atom.